The van der Waals surface area contributed by atoms with E-state index >= 15 is 0 Å². The van der Waals surface area contributed by atoms with E-state index < -0.39 is 16.5 Å². The highest BCUT2D eigenvalue weighted by molar-refractivity contribution is 6.34. The third-order valence-electron chi connectivity index (χ3n) is 2.80. The molecule has 0 aliphatic heterocycles. The molecule has 0 aliphatic rings. The average molecular weight is 310 g/mol. The molecule has 110 valence electrons. The molecular weight excluding hydrogens is 298 g/mol. The van der Waals surface area contributed by atoms with E-state index in [2.05, 4.69) is 5.32 Å². The second kappa shape index (κ2) is 6.27. The van der Waals surface area contributed by atoms with Crippen molar-refractivity contribution in [2.24, 2.45) is 0 Å². The van der Waals surface area contributed by atoms with Gasteiger partial charge in [0, 0.05) is 24.6 Å². The fourth-order valence-electron chi connectivity index (χ4n) is 1.74. The Balaban J connectivity index is 2.07. The maximum atomic E-state index is 11.9. The zero-order valence-electron chi connectivity index (χ0n) is 10.8. The molecule has 0 saturated carbocycles. The number of furan rings is 1. The minimum atomic E-state index is -0.680. The first-order valence-corrected chi connectivity index (χ1v) is 6.41. The highest BCUT2D eigenvalue weighted by Gasteiger charge is 2.19. The molecule has 0 atom stereocenters. The summed E-state index contributed by atoms with van der Waals surface area (Å²) in [6, 6.07) is 5.94. The number of nitrogens with one attached hydrogen (secondary N) is 1. The third kappa shape index (κ3) is 3.51. The molecule has 0 spiro atoms. The second-order valence-electron chi connectivity index (χ2n) is 4.23. The summed E-state index contributed by atoms with van der Waals surface area (Å²) in [5.74, 6) is 0.267. The van der Waals surface area contributed by atoms with E-state index in [1.165, 1.54) is 6.07 Å². The highest BCUT2D eigenvalue weighted by Crippen LogP contribution is 2.30. The first kappa shape index (κ1) is 14.9. The van der Waals surface area contributed by atoms with Gasteiger partial charge in [0.2, 0.25) is 0 Å². The summed E-state index contributed by atoms with van der Waals surface area (Å²) in [6.07, 6.45) is 2.06. The molecule has 3 N–H and O–H groups in total. The Morgan fingerprint density at radius 2 is 2.24 bits per heavy atom. The molecule has 0 bridgehead atoms. The van der Waals surface area contributed by atoms with Crippen LogP contribution in [0.3, 0.4) is 0 Å². The Morgan fingerprint density at radius 1 is 1.48 bits per heavy atom. The molecule has 1 aromatic heterocycles. The smallest absolute Gasteiger partial charge is 0.294 e. The monoisotopic (exact) mass is 309 g/mol. The van der Waals surface area contributed by atoms with Gasteiger partial charge < -0.3 is 15.5 Å². The van der Waals surface area contributed by atoms with Gasteiger partial charge in [0.25, 0.3) is 11.6 Å². The number of halogens is 1. The lowest BCUT2D eigenvalue weighted by atomic mass is 10.1. The summed E-state index contributed by atoms with van der Waals surface area (Å²) in [5, 5.41) is 13.4. The van der Waals surface area contributed by atoms with Crippen LogP contribution in [0, 0.1) is 10.1 Å². The van der Waals surface area contributed by atoms with Crippen molar-refractivity contribution in [3.8, 4) is 0 Å². The minimum Gasteiger partial charge on any atom is -0.469 e. The number of nitro groups is 1. The number of hydrogen-bond acceptors (Lipinski definition) is 5. The Labute approximate surface area is 124 Å². The first-order valence-electron chi connectivity index (χ1n) is 6.03. The number of hydrogen-bond donors (Lipinski definition) is 2. The van der Waals surface area contributed by atoms with Gasteiger partial charge in [-0.1, -0.05) is 11.6 Å². The zero-order chi connectivity index (χ0) is 15.4. The number of rotatable bonds is 5. The van der Waals surface area contributed by atoms with Crippen molar-refractivity contribution < 1.29 is 14.1 Å². The molecule has 0 unspecified atom stereocenters. The molecule has 2 aromatic rings. The normalized spacial score (nSPS) is 10.3. The topological polar surface area (TPSA) is 111 Å². The van der Waals surface area contributed by atoms with Crippen molar-refractivity contribution in [1.82, 2.24) is 5.32 Å². The lowest BCUT2D eigenvalue weighted by Crippen LogP contribution is -2.25. The number of carbonyl (C=O) groups is 1. The van der Waals surface area contributed by atoms with Crippen molar-refractivity contribution in [1.29, 1.82) is 0 Å². The van der Waals surface area contributed by atoms with E-state index in [1.807, 2.05) is 0 Å². The van der Waals surface area contributed by atoms with E-state index in [1.54, 1.807) is 18.4 Å². The number of anilines is 1. The predicted molar refractivity (Wildman–Crippen MR) is 77.3 cm³/mol. The fourth-order valence-corrected chi connectivity index (χ4v) is 1.96. The summed E-state index contributed by atoms with van der Waals surface area (Å²) in [5.41, 5.74) is 5.03. The highest BCUT2D eigenvalue weighted by atomic mass is 35.5. The van der Waals surface area contributed by atoms with Crippen molar-refractivity contribution in [3.05, 3.63) is 57.0 Å². The molecule has 1 heterocycles. The van der Waals surface area contributed by atoms with Crippen LogP contribution in [0.2, 0.25) is 5.02 Å². The number of amides is 1. The SMILES string of the molecule is Nc1c(Cl)cc(C(=O)NCCc2ccco2)cc1[N+](=O)[O-]. The number of carbonyl (C=O) groups excluding carboxylic acids is 1. The van der Waals surface area contributed by atoms with Crippen LogP contribution in [-0.2, 0) is 6.42 Å². The van der Waals surface area contributed by atoms with E-state index in [0.29, 0.717) is 13.0 Å². The standard InChI is InChI=1S/C13H12ClN3O4/c14-10-6-8(7-11(12(10)15)17(19)20)13(18)16-4-3-9-2-1-5-21-9/h1-2,5-7H,3-4,15H2,(H,16,18). The van der Waals surface area contributed by atoms with Crippen LogP contribution in [0.25, 0.3) is 0 Å². The van der Waals surface area contributed by atoms with Crippen LogP contribution in [0.4, 0.5) is 11.4 Å². The van der Waals surface area contributed by atoms with Crippen LogP contribution in [-0.4, -0.2) is 17.4 Å². The van der Waals surface area contributed by atoms with E-state index in [-0.39, 0.29) is 16.3 Å². The van der Waals surface area contributed by atoms with Gasteiger partial charge in [-0.25, -0.2) is 0 Å². The van der Waals surface area contributed by atoms with Crippen molar-refractivity contribution in [3.63, 3.8) is 0 Å². The molecule has 0 saturated heterocycles. The molecule has 7 nitrogen and oxygen atoms in total. The summed E-state index contributed by atoms with van der Waals surface area (Å²) in [7, 11) is 0. The van der Waals surface area contributed by atoms with Crippen molar-refractivity contribution >= 4 is 28.9 Å². The van der Waals surface area contributed by atoms with Gasteiger partial charge in [0.1, 0.15) is 11.4 Å². The van der Waals surface area contributed by atoms with Gasteiger partial charge in [-0.15, -0.1) is 0 Å². The van der Waals surface area contributed by atoms with Gasteiger partial charge in [0.15, 0.2) is 0 Å². The van der Waals surface area contributed by atoms with E-state index in [0.717, 1.165) is 11.8 Å². The number of nitrogens with two attached hydrogens (primary N) is 1. The quantitative estimate of drug-likeness (QED) is 0.500. The number of nitro benzene ring substituents is 1. The van der Waals surface area contributed by atoms with Gasteiger partial charge in [-0.3, -0.25) is 14.9 Å². The predicted octanol–water partition coefficient (Wildman–Crippen LogP) is 2.40. The third-order valence-corrected chi connectivity index (χ3v) is 3.12. The summed E-state index contributed by atoms with van der Waals surface area (Å²) in [6.45, 7) is 0.335. The Morgan fingerprint density at radius 3 is 2.86 bits per heavy atom. The zero-order valence-corrected chi connectivity index (χ0v) is 11.6. The Kier molecular flexibility index (Phi) is 4.44. The van der Waals surface area contributed by atoms with Gasteiger partial charge >= 0.3 is 0 Å². The maximum absolute atomic E-state index is 11.9. The largest absolute Gasteiger partial charge is 0.469 e. The lowest BCUT2D eigenvalue weighted by Gasteiger charge is -2.06. The van der Waals surface area contributed by atoms with Crippen molar-refractivity contribution in [2.45, 2.75) is 6.42 Å². The average Bonchev–Trinajstić information content (AvgIpc) is 2.94. The van der Waals surface area contributed by atoms with E-state index in [9.17, 15) is 14.9 Å². The van der Waals surface area contributed by atoms with Gasteiger partial charge in [-0.2, -0.15) is 0 Å². The van der Waals surface area contributed by atoms with E-state index in [4.69, 9.17) is 21.8 Å². The number of nitrogen functional groups attached to an aromatic ring is 1. The Hall–Kier alpha value is -2.54. The van der Waals surface area contributed by atoms with Crippen LogP contribution in [0.5, 0.6) is 0 Å². The van der Waals surface area contributed by atoms with Crippen molar-refractivity contribution in [2.75, 3.05) is 12.3 Å². The number of benzene rings is 1. The van der Waals surface area contributed by atoms with Crippen LogP contribution >= 0.6 is 11.6 Å². The number of nitrogens with zero attached hydrogens (tertiary/aromatic N) is 1. The maximum Gasteiger partial charge on any atom is 0.294 e. The van der Waals surface area contributed by atoms with Gasteiger partial charge in [-0.05, 0) is 18.2 Å². The van der Waals surface area contributed by atoms with Gasteiger partial charge in [0.05, 0.1) is 16.2 Å². The molecule has 1 aromatic carbocycles. The van der Waals surface area contributed by atoms with Crippen LogP contribution in [0.1, 0.15) is 16.1 Å². The molecule has 21 heavy (non-hydrogen) atoms. The Bertz CT molecular complexity index is 670. The molecule has 8 heteroatoms. The molecule has 0 fully saturated rings. The van der Waals surface area contributed by atoms with Crippen LogP contribution < -0.4 is 11.1 Å². The molecule has 0 aliphatic carbocycles. The molecule has 1 amide bonds. The second-order valence-corrected chi connectivity index (χ2v) is 4.64. The summed E-state index contributed by atoms with van der Waals surface area (Å²) < 4.78 is 5.13. The molecular formula is C13H12ClN3O4. The molecule has 2 rings (SSSR count). The first-order chi connectivity index (χ1) is 9.99. The minimum absolute atomic E-state index is 0.0274. The molecule has 0 radical (unpaired) electrons. The summed E-state index contributed by atoms with van der Waals surface area (Å²) >= 11 is 5.80. The lowest BCUT2D eigenvalue weighted by molar-refractivity contribution is -0.383. The summed E-state index contributed by atoms with van der Waals surface area (Å²) in [4.78, 5) is 22.1. The van der Waals surface area contributed by atoms with Crippen LogP contribution in [0.15, 0.2) is 34.9 Å². The fraction of sp³-hybridized carbons (Fsp3) is 0.154.